The van der Waals surface area contributed by atoms with E-state index in [0.717, 1.165) is 6.04 Å². The second-order valence-electron chi connectivity index (χ2n) is 5.54. The lowest BCUT2D eigenvalue weighted by molar-refractivity contribution is 0.132. The maximum absolute atomic E-state index is 3.42. The van der Waals surface area contributed by atoms with E-state index in [0.29, 0.717) is 0 Å². The lowest BCUT2D eigenvalue weighted by Crippen LogP contribution is -2.45. The number of hydrogen-bond acceptors (Lipinski definition) is 3. The summed E-state index contributed by atoms with van der Waals surface area (Å²) in [6.07, 6.45) is 7.01. The number of piperidine rings is 1. The molecule has 1 N–H and O–H groups in total. The smallest absolute Gasteiger partial charge is 0.0107 e. The average Bonchev–Trinajstić information content (AvgIpc) is 2.40. The van der Waals surface area contributed by atoms with Gasteiger partial charge in [-0.2, -0.15) is 0 Å². The second-order valence-corrected chi connectivity index (χ2v) is 5.54. The zero-order valence-electron chi connectivity index (χ0n) is 11.5. The summed E-state index contributed by atoms with van der Waals surface area (Å²) in [4.78, 5) is 5.35. The van der Waals surface area contributed by atoms with Crippen molar-refractivity contribution in [3.63, 3.8) is 0 Å². The van der Waals surface area contributed by atoms with Crippen LogP contribution in [0.4, 0.5) is 0 Å². The molecule has 0 aromatic carbocycles. The van der Waals surface area contributed by atoms with Gasteiger partial charge in [-0.15, -0.1) is 0 Å². The van der Waals surface area contributed by atoms with Gasteiger partial charge in [0.25, 0.3) is 0 Å². The van der Waals surface area contributed by atoms with Crippen molar-refractivity contribution >= 4 is 0 Å². The Labute approximate surface area is 107 Å². The molecule has 0 aliphatic carbocycles. The highest BCUT2D eigenvalue weighted by Gasteiger charge is 2.20. The minimum Gasteiger partial charge on any atom is -0.314 e. The zero-order chi connectivity index (χ0) is 11.9. The first kappa shape index (κ1) is 13.3. The van der Waals surface area contributed by atoms with Gasteiger partial charge < -0.3 is 15.1 Å². The lowest BCUT2D eigenvalue weighted by Gasteiger charge is -2.36. The second kappa shape index (κ2) is 7.34. The van der Waals surface area contributed by atoms with Gasteiger partial charge in [0.2, 0.25) is 0 Å². The summed E-state index contributed by atoms with van der Waals surface area (Å²) in [6, 6.07) is 0.881. The quantitative estimate of drug-likeness (QED) is 0.785. The molecule has 2 aliphatic heterocycles. The molecule has 2 rings (SSSR count). The van der Waals surface area contributed by atoms with Gasteiger partial charge in [-0.05, 0) is 45.3 Å². The lowest BCUT2D eigenvalue weighted by atomic mass is 10.00. The molecule has 0 bridgehead atoms. The van der Waals surface area contributed by atoms with Gasteiger partial charge in [0.1, 0.15) is 0 Å². The highest BCUT2D eigenvalue weighted by atomic mass is 15.2. The van der Waals surface area contributed by atoms with Crippen LogP contribution in [0.15, 0.2) is 0 Å². The van der Waals surface area contributed by atoms with E-state index in [1.807, 2.05) is 0 Å². The summed E-state index contributed by atoms with van der Waals surface area (Å²) in [5, 5.41) is 3.42. The molecule has 3 nitrogen and oxygen atoms in total. The van der Waals surface area contributed by atoms with Crippen LogP contribution in [0.2, 0.25) is 0 Å². The molecule has 0 amide bonds. The maximum Gasteiger partial charge on any atom is 0.0107 e. The van der Waals surface area contributed by atoms with Gasteiger partial charge in [-0.3, -0.25) is 0 Å². The van der Waals surface area contributed by atoms with E-state index in [4.69, 9.17) is 0 Å². The first-order chi connectivity index (χ1) is 8.40. The van der Waals surface area contributed by atoms with E-state index >= 15 is 0 Å². The van der Waals surface area contributed by atoms with Gasteiger partial charge in [-0.25, -0.2) is 0 Å². The first-order valence-corrected chi connectivity index (χ1v) is 7.57. The zero-order valence-corrected chi connectivity index (χ0v) is 11.5. The Morgan fingerprint density at radius 1 is 1.06 bits per heavy atom. The molecule has 100 valence electrons. The van der Waals surface area contributed by atoms with Crippen molar-refractivity contribution in [3.05, 3.63) is 0 Å². The predicted molar refractivity (Wildman–Crippen MR) is 73.4 cm³/mol. The van der Waals surface area contributed by atoms with Gasteiger partial charge >= 0.3 is 0 Å². The normalized spacial score (nSPS) is 28.4. The summed E-state index contributed by atoms with van der Waals surface area (Å²) < 4.78 is 0. The van der Waals surface area contributed by atoms with Crippen molar-refractivity contribution in [1.82, 2.24) is 15.1 Å². The summed E-state index contributed by atoms with van der Waals surface area (Å²) in [6.45, 7) is 11.2. The van der Waals surface area contributed by atoms with Gasteiger partial charge in [0.15, 0.2) is 0 Å². The standard InChI is InChI=1S/C14H29N3/c1-2-14-6-3-4-10-17(14)11-5-9-16-12-7-15-8-13-16/h14-15H,2-13H2,1H3. The molecule has 1 atom stereocenters. The number of piperazine rings is 1. The van der Waals surface area contributed by atoms with Crippen molar-refractivity contribution in [2.24, 2.45) is 0 Å². The van der Waals surface area contributed by atoms with E-state index in [1.165, 1.54) is 77.9 Å². The maximum atomic E-state index is 3.42. The third-order valence-electron chi connectivity index (χ3n) is 4.35. The summed E-state index contributed by atoms with van der Waals surface area (Å²) in [7, 11) is 0. The van der Waals surface area contributed by atoms with Crippen LogP contribution in [0.1, 0.15) is 39.0 Å². The fourth-order valence-corrected chi connectivity index (χ4v) is 3.25. The van der Waals surface area contributed by atoms with E-state index in [1.54, 1.807) is 0 Å². The molecular weight excluding hydrogens is 210 g/mol. The molecule has 0 saturated carbocycles. The molecule has 2 saturated heterocycles. The SMILES string of the molecule is CCC1CCCCN1CCCN1CCNCC1. The first-order valence-electron chi connectivity index (χ1n) is 7.57. The molecule has 2 aliphatic rings. The number of likely N-dealkylation sites (tertiary alicyclic amines) is 1. The predicted octanol–water partition coefficient (Wildman–Crippen LogP) is 1.55. The molecule has 0 aromatic heterocycles. The monoisotopic (exact) mass is 239 g/mol. The van der Waals surface area contributed by atoms with E-state index in [9.17, 15) is 0 Å². The van der Waals surface area contributed by atoms with Crippen LogP contribution >= 0.6 is 0 Å². The Hall–Kier alpha value is -0.120. The number of nitrogens with zero attached hydrogens (tertiary/aromatic N) is 2. The minimum atomic E-state index is 0.881. The summed E-state index contributed by atoms with van der Waals surface area (Å²) in [5.74, 6) is 0. The van der Waals surface area contributed by atoms with Crippen molar-refractivity contribution in [3.8, 4) is 0 Å². The third-order valence-corrected chi connectivity index (χ3v) is 4.35. The number of hydrogen-bond donors (Lipinski definition) is 1. The Morgan fingerprint density at radius 2 is 1.88 bits per heavy atom. The molecule has 2 fully saturated rings. The molecule has 3 heteroatoms. The fourth-order valence-electron chi connectivity index (χ4n) is 3.25. The fraction of sp³-hybridized carbons (Fsp3) is 1.00. The van der Waals surface area contributed by atoms with E-state index < -0.39 is 0 Å². The van der Waals surface area contributed by atoms with Gasteiger partial charge in [0, 0.05) is 32.2 Å². The van der Waals surface area contributed by atoms with Crippen molar-refractivity contribution in [1.29, 1.82) is 0 Å². The Morgan fingerprint density at radius 3 is 2.65 bits per heavy atom. The molecular formula is C14H29N3. The van der Waals surface area contributed by atoms with Crippen molar-refractivity contribution in [2.75, 3.05) is 45.8 Å². The summed E-state index contributed by atoms with van der Waals surface area (Å²) in [5.41, 5.74) is 0. The van der Waals surface area contributed by atoms with Crippen LogP contribution in [-0.4, -0.2) is 61.7 Å². The van der Waals surface area contributed by atoms with Crippen LogP contribution in [0.25, 0.3) is 0 Å². The molecule has 0 radical (unpaired) electrons. The molecule has 0 spiro atoms. The van der Waals surface area contributed by atoms with Gasteiger partial charge in [-0.1, -0.05) is 13.3 Å². The van der Waals surface area contributed by atoms with Crippen molar-refractivity contribution in [2.45, 2.75) is 45.1 Å². The number of rotatable bonds is 5. The Bertz CT molecular complexity index is 202. The third kappa shape index (κ3) is 4.23. The van der Waals surface area contributed by atoms with Crippen LogP contribution in [0, 0.1) is 0 Å². The highest BCUT2D eigenvalue weighted by molar-refractivity contribution is 4.76. The molecule has 17 heavy (non-hydrogen) atoms. The van der Waals surface area contributed by atoms with Crippen LogP contribution in [0.3, 0.4) is 0 Å². The minimum absolute atomic E-state index is 0.881. The molecule has 1 unspecified atom stereocenters. The van der Waals surface area contributed by atoms with Crippen LogP contribution in [0.5, 0.6) is 0 Å². The largest absolute Gasteiger partial charge is 0.314 e. The van der Waals surface area contributed by atoms with Gasteiger partial charge in [0.05, 0.1) is 0 Å². The van der Waals surface area contributed by atoms with E-state index in [-0.39, 0.29) is 0 Å². The molecule has 0 aromatic rings. The molecule has 2 heterocycles. The summed E-state index contributed by atoms with van der Waals surface area (Å²) >= 11 is 0. The van der Waals surface area contributed by atoms with Crippen LogP contribution in [-0.2, 0) is 0 Å². The average molecular weight is 239 g/mol. The Kier molecular flexibility index (Phi) is 5.75. The van der Waals surface area contributed by atoms with Crippen LogP contribution < -0.4 is 5.32 Å². The number of nitrogens with one attached hydrogen (secondary N) is 1. The van der Waals surface area contributed by atoms with E-state index in [2.05, 4.69) is 22.0 Å². The topological polar surface area (TPSA) is 18.5 Å². The highest BCUT2D eigenvalue weighted by Crippen LogP contribution is 2.19. The Balaban J connectivity index is 1.62. The van der Waals surface area contributed by atoms with Crippen molar-refractivity contribution < 1.29 is 0 Å².